The summed E-state index contributed by atoms with van der Waals surface area (Å²) in [6.45, 7) is 5.17. The third-order valence-corrected chi connectivity index (χ3v) is 2.69. The second-order valence-electron chi connectivity index (χ2n) is 4.04. The van der Waals surface area contributed by atoms with E-state index in [0.29, 0.717) is 6.04 Å². The Morgan fingerprint density at radius 1 is 1.12 bits per heavy atom. The van der Waals surface area contributed by atoms with Crippen molar-refractivity contribution in [1.82, 2.24) is 5.48 Å². The van der Waals surface area contributed by atoms with Crippen molar-refractivity contribution in [2.75, 3.05) is 6.61 Å². The normalized spacial score (nSPS) is 12.6. The quantitative estimate of drug-likeness (QED) is 0.532. The average Bonchev–Trinajstić information content (AvgIpc) is 2.35. The molecule has 0 bridgehead atoms. The molecule has 0 spiro atoms. The SMILES string of the molecule is CCCCCONC(CC)c1ccccc1. The monoisotopic (exact) mass is 221 g/mol. The number of unbranched alkanes of at least 4 members (excludes halogenated alkanes) is 2. The summed E-state index contributed by atoms with van der Waals surface area (Å²) in [5, 5.41) is 0. The molecule has 0 amide bonds. The average molecular weight is 221 g/mol. The molecule has 16 heavy (non-hydrogen) atoms. The van der Waals surface area contributed by atoms with Crippen molar-refractivity contribution in [1.29, 1.82) is 0 Å². The first-order valence-corrected chi connectivity index (χ1v) is 6.30. The van der Waals surface area contributed by atoms with Crippen LogP contribution in [0, 0.1) is 0 Å². The van der Waals surface area contributed by atoms with E-state index in [0.717, 1.165) is 19.4 Å². The fourth-order valence-electron chi connectivity index (χ4n) is 1.66. The summed E-state index contributed by atoms with van der Waals surface area (Å²) in [5.74, 6) is 0. The Labute approximate surface area is 99.0 Å². The van der Waals surface area contributed by atoms with Crippen molar-refractivity contribution in [3.05, 3.63) is 35.9 Å². The van der Waals surface area contributed by atoms with Crippen LogP contribution in [0.2, 0.25) is 0 Å². The maximum atomic E-state index is 5.49. The molecule has 0 heterocycles. The van der Waals surface area contributed by atoms with E-state index in [4.69, 9.17) is 4.84 Å². The van der Waals surface area contributed by atoms with Gasteiger partial charge in [0.05, 0.1) is 12.6 Å². The van der Waals surface area contributed by atoms with Crippen molar-refractivity contribution >= 4 is 0 Å². The predicted octanol–water partition coefficient (Wildman–Crippen LogP) is 3.85. The number of nitrogens with one attached hydrogen (secondary N) is 1. The Hall–Kier alpha value is -0.860. The molecule has 0 fully saturated rings. The van der Waals surface area contributed by atoms with E-state index < -0.39 is 0 Å². The lowest BCUT2D eigenvalue weighted by molar-refractivity contribution is 0.0124. The summed E-state index contributed by atoms with van der Waals surface area (Å²) in [7, 11) is 0. The van der Waals surface area contributed by atoms with Crippen molar-refractivity contribution in [3.63, 3.8) is 0 Å². The van der Waals surface area contributed by atoms with Crippen molar-refractivity contribution in [2.24, 2.45) is 0 Å². The number of benzene rings is 1. The fraction of sp³-hybridized carbons (Fsp3) is 0.571. The van der Waals surface area contributed by atoms with Crippen LogP contribution in [0.4, 0.5) is 0 Å². The first kappa shape index (κ1) is 13.2. The Balaban J connectivity index is 2.27. The summed E-state index contributed by atoms with van der Waals surface area (Å²) < 4.78 is 0. The van der Waals surface area contributed by atoms with Gasteiger partial charge in [0.25, 0.3) is 0 Å². The molecule has 0 aliphatic rings. The van der Waals surface area contributed by atoms with E-state index in [1.54, 1.807) is 0 Å². The second-order valence-corrected chi connectivity index (χ2v) is 4.04. The van der Waals surface area contributed by atoms with E-state index >= 15 is 0 Å². The van der Waals surface area contributed by atoms with Gasteiger partial charge in [-0.05, 0) is 18.4 Å². The highest BCUT2D eigenvalue weighted by Gasteiger charge is 2.07. The molecule has 0 radical (unpaired) electrons. The lowest BCUT2D eigenvalue weighted by Crippen LogP contribution is -2.21. The van der Waals surface area contributed by atoms with Crippen LogP contribution in [0.3, 0.4) is 0 Å². The zero-order valence-corrected chi connectivity index (χ0v) is 10.4. The highest BCUT2D eigenvalue weighted by atomic mass is 16.6. The molecule has 0 saturated heterocycles. The van der Waals surface area contributed by atoms with E-state index in [-0.39, 0.29) is 0 Å². The lowest BCUT2D eigenvalue weighted by Gasteiger charge is -2.16. The highest BCUT2D eigenvalue weighted by Crippen LogP contribution is 2.15. The lowest BCUT2D eigenvalue weighted by atomic mass is 10.1. The van der Waals surface area contributed by atoms with Gasteiger partial charge in [0.15, 0.2) is 0 Å². The fourth-order valence-corrected chi connectivity index (χ4v) is 1.66. The number of hydrogen-bond acceptors (Lipinski definition) is 2. The smallest absolute Gasteiger partial charge is 0.0682 e. The standard InChI is InChI=1S/C14H23NO/c1-3-5-9-12-16-15-14(4-2)13-10-7-6-8-11-13/h6-8,10-11,14-15H,3-5,9,12H2,1-2H3. The van der Waals surface area contributed by atoms with Gasteiger partial charge in [-0.2, -0.15) is 5.48 Å². The summed E-state index contributed by atoms with van der Waals surface area (Å²) in [6, 6.07) is 10.8. The molecule has 90 valence electrons. The Kier molecular flexibility index (Phi) is 6.86. The van der Waals surface area contributed by atoms with E-state index in [9.17, 15) is 0 Å². The molecular formula is C14H23NO. The van der Waals surface area contributed by atoms with Crippen LogP contribution in [-0.4, -0.2) is 6.61 Å². The molecule has 2 heteroatoms. The number of hydrogen-bond donors (Lipinski definition) is 1. The van der Waals surface area contributed by atoms with Crippen LogP contribution < -0.4 is 5.48 Å². The minimum absolute atomic E-state index is 0.308. The number of rotatable bonds is 8. The van der Waals surface area contributed by atoms with Gasteiger partial charge in [0.2, 0.25) is 0 Å². The van der Waals surface area contributed by atoms with Gasteiger partial charge in [-0.25, -0.2) is 0 Å². The largest absolute Gasteiger partial charge is 0.301 e. The molecule has 2 nitrogen and oxygen atoms in total. The molecule has 1 N–H and O–H groups in total. The third-order valence-electron chi connectivity index (χ3n) is 2.69. The van der Waals surface area contributed by atoms with Crippen LogP contribution in [0.15, 0.2) is 30.3 Å². The Bertz CT molecular complexity index is 261. The van der Waals surface area contributed by atoms with Gasteiger partial charge in [-0.15, -0.1) is 0 Å². The summed E-state index contributed by atoms with van der Waals surface area (Å²) in [5.41, 5.74) is 4.44. The van der Waals surface area contributed by atoms with E-state index in [1.807, 2.05) is 6.07 Å². The van der Waals surface area contributed by atoms with Gasteiger partial charge in [0, 0.05) is 0 Å². The third kappa shape index (κ3) is 4.77. The zero-order chi connectivity index (χ0) is 11.6. The Morgan fingerprint density at radius 3 is 2.50 bits per heavy atom. The minimum Gasteiger partial charge on any atom is -0.301 e. The van der Waals surface area contributed by atoms with E-state index in [1.165, 1.54) is 18.4 Å². The van der Waals surface area contributed by atoms with Crippen LogP contribution >= 0.6 is 0 Å². The summed E-state index contributed by atoms with van der Waals surface area (Å²) in [4.78, 5) is 5.49. The first-order valence-electron chi connectivity index (χ1n) is 6.30. The van der Waals surface area contributed by atoms with Crippen LogP contribution in [-0.2, 0) is 4.84 Å². The molecule has 0 aromatic heterocycles. The molecule has 1 rings (SSSR count). The predicted molar refractivity (Wildman–Crippen MR) is 68.1 cm³/mol. The molecular weight excluding hydrogens is 198 g/mol. The van der Waals surface area contributed by atoms with Gasteiger partial charge in [-0.3, -0.25) is 0 Å². The minimum atomic E-state index is 0.308. The van der Waals surface area contributed by atoms with Gasteiger partial charge >= 0.3 is 0 Å². The van der Waals surface area contributed by atoms with Crippen molar-refractivity contribution in [3.8, 4) is 0 Å². The number of hydroxylamine groups is 1. The Morgan fingerprint density at radius 2 is 1.88 bits per heavy atom. The molecule has 0 aliphatic heterocycles. The summed E-state index contributed by atoms with van der Waals surface area (Å²) >= 11 is 0. The first-order chi connectivity index (χ1) is 7.88. The maximum absolute atomic E-state index is 5.49. The highest BCUT2D eigenvalue weighted by molar-refractivity contribution is 5.18. The van der Waals surface area contributed by atoms with Crippen LogP contribution in [0.25, 0.3) is 0 Å². The van der Waals surface area contributed by atoms with Crippen LogP contribution in [0.5, 0.6) is 0 Å². The van der Waals surface area contributed by atoms with Crippen molar-refractivity contribution < 1.29 is 4.84 Å². The van der Waals surface area contributed by atoms with Gasteiger partial charge in [0.1, 0.15) is 0 Å². The van der Waals surface area contributed by atoms with Crippen LogP contribution in [0.1, 0.15) is 51.1 Å². The second kappa shape index (κ2) is 8.31. The zero-order valence-electron chi connectivity index (χ0n) is 10.4. The molecule has 1 atom stereocenters. The van der Waals surface area contributed by atoms with Gasteiger partial charge in [-0.1, -0.05) is 57.0 Å². The molecule has 1 unspecified atom stereocenters. The molecule has 0 saturated carbocycles. The maximum Gasteiger partial charge on any atom is 0.0682 e. The van der Waals surface area contributed by atoms with Crippen molar-refractivity contribution in [2.45, 2.75) is 45.6 Å². The topological polar surface area (TPSA) is 21.3 Å². The molecule has 1 aromatic carbocycles. The molecule has 0 aliphatic carbocycles. The molecule has 1 aromatic rings. The van der Waals surface area contributed by atoms with Gasteiger partial charge < -0.3 is 4.84 Å². The summed E-state index contributed by atoms with van der Waals surface area (Å²) in [6.07, 6.45) is 4.65. The van der Waals surface area contributed by atoms with E-state index in [2.05, 4.69) is 43.6 Å².